The van der Waals surface area contributed by atoms with Crippen LogP contribution in [-0.4, -0.2) is 29.7 Å². The first kappa shape index (κ1) is 13.2. The minimum atomic E-state index is -0.714. The summed E-state index contributed by atoms with van der Waals surface area (Å²) in [6, 6.07) is 4.28. The fraction of sp³-hybridized carbons (Fsp3) is 0.0714. The van der Waals surface area contributed by atoms with Crippen LogP contribution in [0.3, 0.4) is 0 Å². The molecule has 23 heavy (non-hydrogen) atoms. The van der Waals surface area contributed by atoms with E-state index in [0.29, 0.717) is 0 Å². The van der Waals surface area contributed by atoms with Crippen LogP contribution >= 0.6 is 0 Å². The van der Waals surface area contributed by atoms with E-state index in [2.05, 4.69) is 20.1 Å². The number of hydrogen-bond acceptors (Lipinski definition) is 7. The molecule has 114 valence electrons. The number of aromatic hydroxyl groups is 1. The van der Waals surface area contributed by atoms with E-state index in [1.165, 1.54) is 29.0 Å². The van der Waals surface area contributed by atoms with Crippen LogP contribution in [-0.2, 0) is 0 Å². The zero-order valence-corrected chi connectivity index (χ0v) is 11.8. The molecule has 4 aromatic heterocycles. The summed E-state index contributed by atoms with van der Waals surface area (Å²) in [5.74, 6) is 0.268. The van der Waals surface area contributed by atoms with Gasteiger partial charge in [0.1, 0.15) is 23.4 Å². The van der Waals surface area contributed by atoms with Crippen molar-refractivity contribution >= 4 is 16.8 Å². The highest BCUT2D eigenvalue weighted by atomic mass is 16.4. The molecule has 0 aliphatic rings. The molecular formula is C14H9N5O4. The van der Waals surface area contributed by atoms with Crippen LogP contribution in [0.15, 0.2) is 38.5 Å². The van der Waals surface area contributed by atoms with Gasteiger partial charge >= 0.3 is 5.63 Å². The van der Waals surface area contributed by atoms with Crippen molar-refractivity contribution in [2.45, 2.75) is 6.92 Å². The maximum absolute atomic E-state index is 12.0. The summed E-state index contributed by atoms with van der Waals surface area (Å²) in [6.45, 7) is 1.55. The number of aryl methyl sites for hydroxylation is 1. The van der Waals surface area contributed by atoms with Crippen LogP contribution in [0.1, 0.15) is 5.76 Å². The average molecular weight is 311 g/mol. The Balaban J connectivity index is 2.11. The molecule has 4 rings (SSSR count). The van der Waals surface area contributed by atoms with E-state index in [-0.39, 0.29) is 45.1 Å². The SMILES string of the molecule is Cc1cc(O)c(-c2ccc3c(=O)[nH]c4ncnn4c3n2)c(=O)o1. The summed E-state index contributed by atoms with van der Waals surface area (Å²) >= 11 is 0. The molecule has 0 fully saturated rings. The number of rotatable bonds is 1. The number of pyridine rings is 1. The van der Waals surface area contributed by atoms with E-state index < -0.39 is 5.63 Å². The molecule has 0 aliphatic heterocycles. The largest absolute Gasteiger partial charge is 0.507 e. The molecule has 9 nitrogen and oxygen atoms in total. The number of hydrogen-bond donors (Lipinski definition) is 2. The minimum absolute atomic E-state index is 0.0777. The molecule has 0 atom stereocenters. The number of nitrogens with one attached hydrogen (secondary N) is 1. The topological polar surface area (TPSA) is 126 Å². The summed E-state index contributed by atoms with van der Waals surface area (Å²) in [6.07, 6.45) is 1.27. The van der Waals surface area contributed by atoms with E-state index >= 15 is 0 Å². The van der Waals surface area contributed by atoms with Crippen molar-refractivity contribution in [3.63, 3.8) is 0 Å². The quantitative estimate of drug-likeness (QED) is 0.527. The molecule has 0 unspecified atom stereocenters. The Morgan fingerprint density at radius 3 is 2.91 bits per heavy atom. The second-order valence-electron chi connectivity index (χ2n) is 4.92. The Morgan fingerprint density at radius 1 is 1.30 bits per heavy atom. The van der Waals surface area contributed by atoms with Crippen molar-refractivity contribution in [1.29, 1.82) is 0 Å². The van der Waals surface area contributed by atoms with Crippen LogP contribution < -0.4 is 11.2 Å². The molecule has 0 bridgehead atoms. The third-order valence-corrected chi connectivity index (χ3v) is 3.40. The Kier molecular flexibility index (Phi) is 2.58. The first-order chi connectivity index (χ1) is 11.0. The third kappa shape index (κ3) is 1.90. The fourth-order valence-electron chi connectivity index (χ4n) is 2.41. The third-order valence-electron chi connectivity index (χ3n) is 3.40. The van der Waals surface area contributed by atoms with Gasteiger partial charge in [-0.1, -0.05) is 0 Å². The summed E-state index contributed by atoms with van der Waals surface area (Å²) in [5, 5.41) is 14.3. The van der Waals surface area contributed by atoms with Gasteiger partial charge in [-0.3, -0.25) is 9.78 Å². The molecule has 0 aromatic carbocycles. The van der Waals surface area contributed by atoms with Crippen molar-refractivity contribution < 1.29 is 9.52 Å². The van der Waals surface area contributed by atoms with Crippen molar-refractivity contribution in [2.75, 3.05) is 0 Å². The second kappa shape index (κ2) is 4.50. The van der Waals surface area contributed by atoms with E-state index in [9.17, 15) is 14.7 Å². The Labute approximate surface area is 126 Å². The molecule has 0 aliphatic carbocycles. The van der Waals surface area contributed by atoms with Gasteiger partial charge in [-0.05, 0) is 19.1 Å². The molecule has 0 saturated heterocycles. The summed E-state index contributed by atoms with van der Waals surface area (Å²) < 4.78 is 6.33. The lowest BCUT2D eigenvalue weighted by atomic mass is 10.1. The van der Waals surface area contributed by atoms with Crippen molar-refractivity contribution in [1.82, 2.24) is 24.6 Å². The van der Waals surface area contributed by atoms with Gasteiger partial charge in [0.2, 0.25) is 5.78 Å². The molecule has 9 heteroatoms. The lowest BCUT2D eigenvalue weighted by molar-refractivity contribution is 0.438. The van der Waals surface area contributed by atoms with E-state index in [1.807, 2.05) is 0 Å². The van der Waals surface area contributed by atoms with Crippen LogP contribution in [0.4, 0.5) is 0 Å². The normalized spacial score (nSPS) is 11.3. The van der Waals surface area contributed by atoms with Crippen LogP contribution in [0.25, 0.3) is 28.1 Å². The summed E-state index contributed by atoms with van der Waals surface area (Å²) in [7, 11) is 0. The van der Waals surface area contributed by atoms with E-state index in [0.717, 1.165) is 0 Å². The molecule has 4 heterocycles. The maximum atomic E-state index is 12.0. The van der Waals surface area contributed by atoms with Gasteiger partial charge in [0.15, 0.2) is 5.65 Å². The van der Waals surface area contributed by atoms with Gasteiger partial charge in [0.05, 0.1) is 11.1 Å². The first-order valence-corrected chi connectivity index (χ1v) is 6.61. The Hall–Kier alpha value is -3.49. The number of aromatic nitrogens is 5. The van der Waals surface area contributed by atoms with E-state index in [4.69, 9.17) is 4.42 Å². The smallest absolute Gasteiger partial charge is 0.349 e. The van der Waals surface area contributed by atoms with Gasteiger partial charge in [0.25, 0.3) is 5.56 Å². The summed E-state index contributed by atoms with van der Waals surface area (Å²) in [4.78, 5) is 34.8. The molecule has 0 spiro atoms. The highest BCUT2D eigenvalue weighted by Gasteiger charge is 2.16. The number of fused-ring (bicyclic) bond motifs is 3. The van der Waals surface area contributed by atoms with E-state index in [1.54, 1.807) is 6.92 Å². The molecule has 2 N–H and O–H groups in total. The Bertz CT molecular complexity index is 1190. The van der Waals surface area contributed by atoms with Gasteiger partial charge in [-0.2, -0.15) is 14.6 Å². The molecule has 0 radical (unpaired) electrons. The van der Waals surface area contributed by atoms with Gasteiger partial charge in [-0.25, -0.2) is 9.78 Å². The van der Waals surface area contributed by atoms with Gasteiger partial charge < -0.3 is 9.52 Å². The molecule has 4 aromatic rings. The fourth-order valence-corrected chi connectivity index (χ4v) is 2.41. The van der Waals surface area contributed by atoms with Crippen LogP contribution in [0.2, 0.25) is 0 Å². The number of H-pyrrole nitrogens is 1. The monoisotopic (exact) mass is 311 g/mol. The minimum Gasteiger partial charge on any atom is -0.507 e. The van der Waals surface area contributed by atoms with Crippen LogP contribution in [0, 0.1) is 6.92 Å². The lowest BCUT2D eigenvalue weighted by Crippen LogP contribution is -2.12. The van der Waals surface area contributed by atoms with Crippen molar-refractivity contribution in [2.24, 2.45) is 0 Å². The number of nitrogens with zero attached hydrogens (tertiary/aromatic N) is 4. The lowest BCUT2D eigenvalue weighted by Gasteiger charge is -2.05. The Morgan fingerprint density at radius 2 is 2.13 bits per heavy atom. The zero-order chi connectivity index (χ0) is 16.1. The predicted octanol–water partition coefficient (Wildman–Crippen LogP) is 0.600. The molecule has 0 saturated carbocycles. The summed E-state index contributed by atoms with van der Waals surface area (Å²) in [5.41, 5.74) is -0.774. The zero-order valence-electron chi connectivity index (χ0n) is 11.8. The molecule has 0 amide bonds. The highest BCUT2D eigenvalue weighted by molar-refractivity contribution is 5.80. The predicted molar refractivity (Wildman–Crippen MR) is 79.3 cm³/mol. The first-order valence-electron chi connectivity index (χ1n) is 6.61. The molecular weight excluding hydrogens is 302 g/mol. The van der Waals surface area contributed by atoms with Crippen molar-refractivity contribution in [3.05, 3.63) is 51.1 Å². The standard InChI is InChI=1S/C14H9N5O4/c1-6-4-9(20)10(13(22)23-6)8-3-2-7-11(17-8)19-14(15-5-16-19)18-12(7)21/h2-5,20H,1H3,(H,15,16,18,21). The van der Waals surface area contributed by atoms with Gasteiger partial charge in [-0.15, -0.1) is 0 Å². The average Bonchev–Trinajstić information content (AvgIpc) is 2.94. The van der Waals surface area contributed by atoms with Crippen molar-refractivity contribution in [3.8, 4) is 17.0 Å². The van der Waals surface area contributed by atoms with Crippen LogP contribution in [0.5, 0.6) is 5.75 Å². The van der Waals surface area contributed by atoms with Gasteiger partial charge in [0, 0.05) is 6.07 Å². The second-order valence-corrected chi connectivity index (χ2v) is 4.92. The maximum Gasteiger partial charge on any atom is 0.349 e. The number of aromatic amines is 1. The highest BCUT2D eigenvalue weighted by Crippen LogP contribution is 2.25.